The van der Waals surface area contributed by atoms with Crippen molar-refractivity contribution in [1.82, 2.24) is 19.8 Å². The summed E-state index contributed by atoms with van der Waals surface area (Å²) in [6, 6.07) is 3.55. The number of aryl methyl sites for hydroxylation is 1. The first kappa shape index (κ1) is 24.2. The van der Waals surface area contributed by atoms with Crippen molar-refractivity contribution in [3.05, 3.63) is 51.9 Å². The molecule has 2 atom stereocenters. The highest BCUT2D eigenvalue weighted by molar-refractivity contribution is 7.99. The van der Waals surface area contributed by atoms with Gasteiger partial charge in [-0.2, -0.15) is 9.76 Å². The number of carbonyl (C=O) groups excluding carboxylic acids is 1. The number of carbonyl (C=O) groups is 1. The Labute approximate surface area is 180 Å². The molecule has 0 spiro atoms. The average molecular weight is 485 g/mol. The number of hydrogen-bond acceptors (Lipinski definition) is 6. The fourth-order valence-corrected chi connectivity index (χ4v) is 4.22. The number of nitrogens with zero attached hydrogens (tertiary/aromatic N) is 3. The van der Waals surface area contributed by atoms with Crippen molar-refractivity contribution in [2.45, 2.75) is 36.1 Å². The molecule has 0 bridgehead atoms. The molecule has 0 radical (unpaired) electrons. The lowest BCUT2D eigenvalue weighted by Crippen LogP contribution is -2.38. The predicted octanol–water partition coefficient (Wildman–Crippen LogP) is 3.10. The number of hydrogen-bond donors (Lipinski definition) is 1. The molecule has 1 heterocycles. The molecule has 1 N–H and O–H groups in total. The molecule has 0 fully saturated rings. The third-order valence-electron chi connectivity index (χ3n) is 3.51. The fraction of sp³-hybridized carbons (Fsp3) is 0.312. The van der Waals surface area contributed by atoms with Crippen LogP contribution in [0, 0.1) is 6.92 Å². The summed E-state index contributed by atoms with van der Waals surface area (Å²) in [5, 5.41) is 3.67. The van der Waals surface area contributed by atoms with Crippen LogP contribution in [-0.4, -0.2) is 42.9 Å². The minimum absolute atomic E-state index is 0.105. The van der Waals surface area contributed by atoms with Gasteiger partial charge in [-0.25, -0.2) is 27.0 Å². The minimum Gasteiger partial charge on any atom is -0.266 e. The highest BCUT2D eigenvalue weighted by Crippen LogP contribution is 2.23. The van der Waals surface area contributed by atoms with Crippen LogP contribution in [0.25, 0.3) is 0 Å². The molecule has 1 amide bonds. The first-order chi connectivity index (χ1) is 14.2. The van der Waals surface area contributed by atoms with Crippen LogP contribution in [0.1, 0.15) is 5.56 Å². The van der Waals surface area contributed by atoms with Gasteiger partial charge in [-0.15, -0.1) is 16.4 Å². The van der Waals surface area contributed by atoms with E-state index in [4.69, 9.17) is 15.9 Å². The number of nitrogens with one attached hydrogen (secondary N) is 1. The van der Waals surface area contributed by atoms with Gasteiger partial charge in [0.1, 0.15) is 0 Å². The van der Waals surface area contributed by atoms with E-state index in [-0.39, 0.29) is 21.6 Å². The summed E-state index contributed by atoms with van der Waals surface area (Å²) in [6.07, 6.45) is -4.33. The highest BCUT2D eigenvalue weighted by atomic mass is 35.5. The van der Waals surface area contributed by atoms with Gasteiger partial charge in [-0.05, 0) is 18.6 Å². The molecule has 2 aromatic rings. The Bertz CT molecular complexity index is 995. The van der Waals surface area contributed by atoms with E-state index in [1.54, 1.807) is 19.1 Å². The van der Waals surface area contributed by atoms with Crippen molar-refractivity contribution in [2.24, 2.45) is 0 Å². The molecule has 1 aromatic heterocycles. The first-order valence-electron chi connectivity index (χ1n) is 8.17. The maximum atomic E-state index is 13.2. The number of allylic oxidation sites excluding steroid dienone is 1. The van der Waals surface area contributed by atoms with Gasteiger partial charge in [-0.1, -0.05) is 41.6 Å². The Hall–Kier alpha value is -2.09. The van der Waals surface area contributed by atoms with Crippen LogP contribution in [0.4, 0.5) is 18.0 Å². The van der Waals surface area contributed by atoms with Gasteiger partial charge >= 0.3 is 11.7 Å². The maximum absolute atomic E-state index is 13.2. The standard InChI is InChI=1S/C16H16ClF3N4O4S2/c1-3-7-23-15(29-8-11(18)13(19)20)21-24(16(23)26)14(25)22-28-30(27)12-9(2)5-4-6-10(12)17/h3-6,11,13H,1,7-8H2,2H3,(H,22,25). The van der Waals surface area contributed by atoms with E-state index in [1.807, 2.05) is 5.48 Å². The Balaban J connectivity index is 2.17. The van der Waals surface area contributed by atoms with Gasteiger partial charge < -0.3 is 0 Å². The van der Waals surface area contributed by atoms with E-state index in [2.05, 4.69) is 11.7 Å². The molecule has 2 rings (SSSR count). The van der Waals surface area contributed by atoms with Gasteiger partial charge in [0.2, 0.25) is 11.1 Å². The number of halogens is 4. The van der Waals surface area contributed by atoms with Crippen molar-refractivity contribution in [1.29, 1.82) is 0 Å². The molecule has 14 heteroatoms. The molecule has 164 valence electrons. The lowest BCUT2D eigenvalue weighted by molar-refractivity contribution is 0.0627. The first-order valence-corrected chi connectivity index (χ1v) is 10.6. The van der Waals surface area contributed by atoms with Crippen LogP contribution in [-0.2, 0) is 21.9 Å². The van der Waals surface area contributed by atoms with E-state index in [9.17, 15) is 27.0 Å². The zero-order valence-electron chi connectivity index (χ0n) is 15.4. The number of amides is 1. The molecule has 0 aliphatic carbocycles. The third-order valence-corrected chi connectivity index (χ3v) is 6.10. The van der Waals surface area contributed by atoms with Crippen LogP contribution in [0.15, 0.2) is 45.7 Å². The number of thioether (sulfide) groups is 1. The fourth-order valence-electron chi connectivity index (χ4n) is 2.12. The summed E-state index contributed by atoms with van der Waals surface area (Å²) in [5.74, 6) is -0.681. The summed E-state index contributed by atoms with van der Waals surface area (Å²) in [4.78, 5) is 24.7. The quantitative estimate of drug-likeness (QED) is 0.334. The highest BCUT2D eigenvalue weighted by Gasteiger charge is 2.24. The van der Waals surface area contributed by atoms with Crippen molar-refractivity contribution >= 4 is 40.5 Å². The minimum atomic E-state index is -3.20. The topological polar surface area (TPSA) is 95.2 Å². The normalized spacial score (nSPS) is 13.3. The molecule has 2 unspecified atom stereocenters. The molecular weight excluding hydrogens is 469 g/mol. The van der Waals surface area contributed by atoms with Crippen LogP contribution in [0.2, 0.25) is 5.02 Å². The molecule has 0 aliphatic rings. The van der Waals surface area contributed by atoms with Gasteiger partial charge in [0.25, 0.3) is 6.43 Å². The van der Waals surface area contributed by atoms with Crippen molar-refractivity contribution in [3.63, 3.8) is 0 Å². The second kappa shape index (κ2) is 10.8. The van der Waals surface area contributed by atoms with Crippen LogP contribution < -0.4 is 11.2 Å². The number of aromatic nitrogens is 3. The molecule has 1 aromatic carbocycles. The monoisotopic (exact) mass is 484 g/mol. The van der Waals surface area contributed by atoms with E-state index in [0.29, 0.717) is 22.0 Å². The lowest BCUT2D eigenvalue weighted by Gasteiger charge is -2.08. The zero-order valence-corrected chi connectivity index (χ0v) is 17.8. The smallest absolute Gasteiger partial charge is 0.266 e. The number of alkyl halides is 3. The lowest BCUT2D eigenvalue weighted by atomic mass is 10.2. The molecule has 30 heavy (non-hydrogen) atoms. The summed E-state index contributed by atoms with van der Waals surface area (Å²) in [5.41, 5.74) is 1.41. The van der Waals surface area contributed by atoms with Crippen LogP contribution in [0.5, 0.6) is 0 Å². The van der Waals surface area contributed by atoms with Gasteiger partial charge in [0.05, 0.1) is 9.92 Å². The van der Waals surface area contributed by atoms with Crippen molar-refractivity contribution < 1.29 is 26.5 Å². The van der Waals surface area contributed by atoms with Crippen LogP contribution in [0.3, 0.4) is 0 Å². The molecule has 0 aliphatic heterocycles. The Morgan fingerprint density at radius 2 is 2.17 bits per heavy atom. The SMILES string of the molecule is C=CCn1c(SCC(F)C(F)F)nn(C(=O)NOS(=O)c2c(C)cccc2Cl)c1=O. The summed E-state index contributed by atoms with van der Waals surface area (Å²) in [6.45, 7) is 4.97. The van der Waals surface area contributed by atoms with Gasteiger partial charge in [-0.3, -0.25) is 4.57 Å². The average Bonchev–Trinajstić information content (AvgIpc) is 3.00. The van der Waals surface area contributed by atoms with Crippen molar-refractivity contribution in [3.8, 4) is 0 Å². The second-order valence-corrected chi connectivity index (χ2v) is 8.09. The molecule has 8 nitrogen and oxygen atoms in total. The number of hydroxylamine groups is 1. The van der Waals surface area contributed by atoms with Crippen molar-refractivity contribution in [2.75, 3.05) is 5.75 Å². The third kappa shape index (κ3) is 5.74. The Morgan fingerprint density at radius 3 is 2.77 bits per heavy atom. The molecular formula is C16H16ClF3N4O4S2. The summed E-state index contributed by atoms with van der Waals surface area (Å²) in [7, 11) is 0. The summed E-state index contributed by atoms with van der Waals surface area (Å²) >= 11 is 4.31. The largest absolute Gasteiger partial charge is 0.371 e. The van der Waals surface area contributed by atoms with E-state index >= 15 is 0 Å². The van der Waals surface area contributed by atoms with E-state index in [1.165, 1.54) is 12.1 Å². The Kier molecular flexibility index (Phi) is 8.70. The van der Waals surface area contributed by atoms with E-state index in [0.717, 1.165) is 4.57 Å². The van der Waals surface area contributed by atoms with E-state index < -0.39 is 41.2 Å². The number of benzene rings is 1. The van der Waals surface area contributed by atoms with Crippen LogP contribution >= 0.6 is 23.4 Å². The molecule has 0 saturated heterocycles. The summed E-state index contributed by atoms with van der Waals surface area (Å²) < 4.78 is 56.2. The zero-order chi connectivity index (χ0) is 22.4. The number of rotatable bonds is 9. The Morgan fingerprint density at radius 1 is 1.47 bits per heavy atom. The van der Waals surface area contributed by atoms with Gasteiger partial charge in [0, 0.05) is 12.3 Å². The second-order valence-electron chi connectivity index (χ2n) is 5.65. The molecule has 0 saturated carbocycles. The maximum Gasteiger partial charge on any atom is 0.371 e. The van der Waals surface area contributed by atoms with Gasteiger partial charge in [0.15, 0.2) is 11.3 Å². The predicted molar refractivity (Wildman–Crippen MR) is 106 cm³/mol.